The van der Waals surface area contributed by atoms with Gasteiger partial charge in [-0.2, -0.15) is 0 Å². The van der Waals surface area contributed by atoms with Crippen molar-refractivity contribution < 1.29 is 23.9 Å². The van der Waals surface area contributed by atoms with Crippen molar-refractivity contribution in [1.29, 1.82) is 0 Å². The molecule has 0 unspecified atom stereocenters. The highest BCUT2D eigenvalue weighted by Crippen LogP contribution is 2.38. The number of hydrogen-bond donors (Lipinski definition) is 7. The van der Waals surface area contributed by atoms with Gasteiger partial charge in [-0.25, -0.2) is 9.97 Å². The first-order chi connectivity index (χ1) is 31.9. The summed E-state index contributed by atoms with van der Waals surface area (Å²) < 4.78 is 5.24. The SMILES string of the molecule is COc1ccc(CNCc2c[nH]c3c(C(N)=O)ccc(-c4cccc(NC(=O)c5nccs5)c4C)c23)cc1.Cc1c(NC(=O)c2nccs2)cccc1-c1ccc(C(N)=O)c2[nH]cc(C)c12. The van der Waals surface area contributed by atoms with Crippen LogP contribution in [-0.2, 0) is 13.1 Å². The number of thiazole rings is 2. The van der Waals surface area contributed by atoms with Gasteiger partial charge in [-0.3, -0.25) is 19.2 Å². The van der Waals surface area contributed by atoms with Crippen LogP contribution in [0.3, 0.4) is 0 Å². The molecule has 0 saturated heterocycles. The minimum atomic E-state index is -0.498. The number of nitrogens with one attached hydrogen (secondary N) is 5. The molecule has 9 N–H and O–H groups in total. The molecule has 9 rings (SSSR count). The molecule has 0 atom stereocenters. The van der Waals surface area contributed by atoms with Gasteiger partial charge in [0, 0.05) is 70.8 Å². The van der Waals surface area contributed by atoms with E-state index in [1.165, 1.54) is 22.7 Å². The topological polar surface area (TPSA) is 223 Å². The average molecular weight is 916 g/mol. The van der Waals surface area contributed by atoms with Crippen LogP contribution in [0, 0.1) is 20.8 Å². The number of hydrogen-bond acceptors (Lipinski definition) is 10. The minimum Gasteiger partial charge on any atom is -0.497 e. The van der Waals surface area contributed by atoms with Crippen LogP contribution in [0.5, 0.6) is 5.75 Å². The monoisotopic (exact) mass is 915 g/mol. The average Bonchev–Trinajstić information content (AvgIpc) is 4.17. The Morgan fingerprint density at radius 2 is 1.14 bits per heavy atom. The van der Waals surface area contributed by atoms with Crippen molar-refractivity contribution in [2.75, 3.05) is 17.7 Å². The van der Waals surface area contributed by atoms with E-state index in [0.717, 1.165) is 77.8 Å². The number of aromatic nitrogens is 4. The van der Waals surface area contributed by atoms with Crippen molar-refractivity contribution in [3.05, 3.63) is 169 Å². The number of ether oxygens (including phenoxy) is 1. The van der Waals surface area contributed by atoms with Crippen LogP contribution in [0.1, 0.15) is 68.1 Å². The Labute approximate surface area is 387 Å². The number of carbonyl (C=O) groups excluding carboxylic acids is 4. The molecule has 0 bridgehead atoms. The summed E-state index contributed by atoms with van der Waals surface area (Å²) in [6.07, 6.45) is 6.99. The van der Waals surface area contributed by atoms with Gasteiger partial charge >= 0.3 is 0 Å². The van der Waals surface area contributed by atoms with Crippen molar-refractivity contribution in [2.45, 2.75) is 33.9 Å². The van der Waals surface area contributed by atoms with Gasteiger partial charge in [0.15, 0.2) is 10.0 Å². The second kappa shape index (κ2) is 19.4. The van der Waals surface area contributed by atoms with Gasteiger partial charge in [-0.1, -0.05) is 48.5 Å². The Balaban J connectivity index is 0.000000188. The summed E-state index contributed by atoms with van der Waals surface area (Å²) in [4.78, 5) is 63.6. The molecule has 0 aliphatic heterocycles. The maximum Gasteiger partial charge on any atom is 0.284 e. The molecule has 9 aromatic rings. The summed E-state index contributed by atoms with van der Waals surface area (Å²) in [6.45, 7) is 7.15. The molecule has 16 heteroatoms. The lowest BCUT2D eigenvalue weighted by Crippen LogP contribution is -2.14. The Morgan fingerprint density at radius 3 is 1.64 bits per heavy atom. The lowest BCUT2D eigenvalue weighted by Gasteiger charge is -2.15. The molecule has 332 valence electrons. The van der Waals surface area contributed by atoms with E-state index in [-0.39, 0.29) is 11.8 Å². The molecular weight excluding hydrogens is 871 g/mol. The van der Waals surface area contributed by atoms with Crippen molar-refractivity contribution in [3.8, 4) is 28.0 Å². The fraction of sp³-hybridized carbons (Fsp3) is 0.120. The van der Waals surface area contributed by atoms with Crippen LogP contribution in [0.15, 0.2) is 120 Å². The van der Waals surface area contributed by atoms with Gasteiger partial charge in [0.2, 0.25) is 0 Å². The van der Waals surface area contributed by atoms with Crippen LogP contribution in [0.4, 0.5) is 11.4 Å². The van der Waals surface area contributed by atoms with E-state index in [9.17, 15) is 19.2 Å². The number of rotatable bonds is 13. The van der Waals surface area contributed by atoms with E-state index in [0.29, 0.717) is 45.4 Å². The molecule has 4 aromatic heterocycles. The number of aryl methyl sites for hydroxylation is 1. The van der Waals surface area contributed by atoms with Crippen molar-refractivity contribution in [3.63, 3.8) is 0 Å². The quantitative estimate of drug-likeness (QED) is 0.0589. The standard InChI is InChI=1S/C29H27N5O3S.C21H18N4O2S/c1-17-21(4-3-5-24(17)34-28(36)29-32-12-13-38-29)22-10-11-23(27(30)35)26-25(22)19(16-33-26)15-31-14-18-6-8-20(37-2)9-7-18;1-11-10-24-18-15(19(22)26)7-6-14(17(11)18)13-4-3-5-16(12(13)2)25-20(27)21-23-8-9-28-21/h3-13,16,31,33H,14-15H2,1-2H3,(H2,30,35)(H,34,36);3-10,24H,1-2H3,(H2,22,26)(H,25,27). The Morgan fingerprint density at radius 1 is 0.621 bits per heavy atom. The van der Waals surface area contributed by atoms with Gasteiger partial charge < -0.3 is 42.1 Å². The number of fused-ring (bicyclic) bond motifs is 2. The second-order valence-electron chi connectivity index (χ2n) is 15.3. The Hall–Kier alpha value is -7.92. The third-order valence-corrected chi connectivity index (χ3v) is 12.8. The molecule has 4 heterocycles. The van der Waals surface area contributed by atoms with Crippen LogP contribution < -0.4 is 32.2 Å². The largest absolute Gasteiger partial charge is 0.497 e. The molecule has 0 fully saturated rings. The maximum absolute atomic E-state index is 12.7. The lowest BCUT2D eigenvalue weighted by atomic mass is 9.93. The first kappa shape index (κ1) is 44.7. The number of carbonyl (C=O) groups is 4. The number of amides is 4. The normalized spacial score (nSPS) is 11.0. The fourth-order valence-electron chi connectivity index (χ4n) is 7.96. The number of H-pyrrole nitrogens is 2. The third kappa shape index (κ3) is 9.19. The number of benzene rings is 5. The molecule has 0 spiro atoms. The number of nitrogens with zero attached hydrogens (tertiary/aromatic N) is 2. The zero-order valence-electron chi connectivity index (χ0n) is 36.4. The van der Waals surface area contributed by atoms with E-state index in [2.05, 4.69) is 35.9 Å². The minimum absolute atomic E-state index is 0.234. The number of nitrogens with two attached hydrogens (primary N) is 2. The predicted molar refractivity (Wildman–Crippen MR) is 262 cm³/mol. The van der Waals surface area contributed by atoms with Gasteiger partial charge in [-0.05, 0) is 107 Å². The summed E-state index contributed by atoms with van der Waals surface area (Å²) in [7, 11) is 1.65. The third-order valence-electron chi connectivity index (χ3n) is 11.3. The summed E-state index contributed by atoms with van der Waals surface area (Å²) in [5.74, 6) is -0.641. The second-order valence-corrected chi connectivity index (χ2v) is 17.1. The predicted octanol–water partition coefficient (Wildman–Crippen LogP) is 9.51. The van der Waals surface area contributed by atoms with Gasteiger partial charge in [-0.15, -0.1) is 22.7 Å². The van der Waals surface area contributed by atoms with Crippen molar-refractivity contribution in [1.82, 2.24) is 25.3 Å². The van der Waals surface area contributed by atoms with Crippen molar-refractivity contribution >= 4 is 79.5 Å². The molecule has 14 nitrogen and oxygen atoms in total. The highest BCUT2D eigenvalue weighted by Gasteiger charge is 2.21. The van der Waals surface area contributed by atoms with Gasteiger partial charge in [0.05, 0.1) is 29.3 Å². The first-order valence-electron chi connectivity index (χ1n) is 20.7. The zero-order valence-corrected chi connectivity index (χ0v) is 38.0. The van der Waals surface area contributed by atoms with E-state index >= 15 is 0 Å². The molecule has 0 aliphatic rings. The van der Waals surface area contributed by atoms with E-state index < -0.39 is 11.8 Å². The zero-order chi connectivity index (χ0) is 46.5. The summed E-state index contributed by atoms with van der Waals surface area (Å²) in [5.41, 5.74) is 23.7. The molecule has 0 aliphatic carbocycles. The first-order valence-corrected chi connectivity index (χ1v) is 22.5. The van der Waals surface area contributed by atoms with Crippen LogP contribution >= 0.6 is 22.7 Å². The number of primary amides is 2. The summed E-state index contributed by atoms with van der Waals surface area (Å²) in [6, 6.07) is 26.7. The molecule has 4 amide bonds. The van der Waals surface area contributed by atoms with Gasteiger partial charge in [0.25, 0.3) is 23.6 Å². The molecule has 0 saturated carbocycles. The number of aromatic amines is 2. The number of anilines is 2. The lowest BCUT2D eigenvalue weighted by molar-refractivity contribution is 0.0993. The Kier molecular flexibility index (Phi) is 13.2. The van der Waals surface area contributed by atoms with Gasteiger partial charge in [0.1, 0.15) is 5.75 Å². The number of methoxy groups -OCH3 is 1. The molecular formula is C50H45N9O5S2. The van der Waals surface area contributed by atoms with E-state index in [1.807, 2.05) is 106 Å². The molecule has 5 aromatic carbocycles. The molecule has 66 heavy (non-hydrogen) atoms. The Bertz CT molecular complexity index is 3250. The van der Waals surface area contributed by atoms with Crippen LogP contribution in [0.2, 0.25) is 0 Å². The summed E-state index contributed by atoms with van der Waals surface area (Å²) >= 11 is 2.58. The van der Waals surface area contributed by atoms with E-state index in [4.69, 9.17) is 16.2 Å². The van der Waals surface area contributed by atoms with Crippen molar-refractivity contribution in [2.24, 2.45) is 11.5 Å². The summed E-state index contributed by atoms with van der Waals surface area (Å²) in [5, 5.41) is 15.6. The fourth-order valence-corrected chi connectivity index (χ4v) is 9.03. The smallest absolute Gasteiger partial charge is 0.284 e. The molecule has 0 radical (unpaired) electrons. The highest BCUT2D eigenvalue weighted by atomic mass is 32.1. The highest BCUT2D eigenvalue weighted by molar-refractivity contribution is 7.12. The maximum atomic E-state index is 12.7. The van der Waals surface area contributed by atoms with Crippen LogP contribution in [-0.4, -0.2) is 50.7 Å². The van der Waals surface area contributed by atoms with E-state index in [1.54, 1.807) is 42.4 Å². The van der Waals surface area contributed by atoms with Crippen LogP contribution in [0.25, 0.3) is 44.1 Å².